The number of hydrazine groups is 1. The van der Waals surface area contributed by atoms with Gasteiger partial charge in [0.1, 0.15) is 22.4 Å². The summed E-state index contributed by atoms with van der Waals surface area (Å²) in [6.07, 6.45) is 1.42. The van der Waals surface area contributed by atoms with E-state index in [1.165, 1.54) is 17.5 Å². The van der Waals surface area contributed by atoms with Crippen LogP contribution in [0.15, 0.2) is 35.8 Å². The van der Waals surface area contributed by atoms with Crippen LogP contribution in [0.25, 0.3) is 5.57 Å². The van der Waals surface area contributed by atoms with Gasteiger partial charge in [0.05, 0.1) is 13.7 Å². The van der Waals surface area contributed by atoms with Crippen LogP contribution in [0.1, 0.15) is 10.7 Å². The van der Waals surface area contributed by atoms with Gasteiger partial charge in [0.15, 0.2) is 0 Å². The minimum absolute atomic E-state index is 0.0887. The van der Waals surface area contributed by atoms with Crippen molar-refractivity contribution in [3.63, 3.8) is 0 Å². The normalized spacial score (nSPS) is 10.6. The Hall–Kier alpha value is -3.05. The molecule has 0 unspecified atom stereocenters. The molecule has 8 heteroatoms. The molecule has 2 rings (SSSR count). The summed E-state index contributed by atoms with van der Waals surface area (Å²) in [4.78, 5) is 16.0. The van der Waals surface area contributed by atoms with E-state index in [-0.39, 0.29) is 12.5 Å². The molecule has 1 amide bonds. The molecule has 0 aliphatic carbocycles. The topological polar surface area (TPSA) is 99.1 Å². The maximum Gasteiger partial charge on any atom is 0.257 e. The monoisotopic (exact) mass is 343 g/mol. The Morgan fingerprint density at radius 2 is 2.17 bits per heavy atom. The maximum absolute atomic E-state index is 11.8. The lowest BCUT2D eigenvalue weighted by molar-refractivity contribution is -0.120. The third kappa shape index (κ3) is 5.00. The van der Waals surface area contributed by atoms with Crippen molar-refractivity contribution < 1.29 is 9.53 Å². The zero-order valence-electron chi connectivity index (χ0n) is 13.3. The molecule has 124 valence electrons. The third-order valence-corrected chi connectivity index (χ3v) is 3.93. The average molecular weight is 343 g/mol. The molecule has 0 aliphatic heterocycles. The number of nitrogens with zero attached hydrogens (tertiary/aromatic N) is 2. The van der Waals surface area contributed by atoms with Crippen LogP contribution >= 0.6 is 11.3 Å². The van der Waals surface area contributed by atoms with Gasteiger partial charge in [-0.3, -0.25) is 10.2 Å². The number of rotatable bonds is 7. The molecule has 2 aromatic rings. The zero-order valence-corrected chi connectivity index (χ0v) is 14.1. The van der Waals surface area contributed by atoms with E-state index in [9.17, 15) is 4.79 Å². The molecular weight excluding hydrogens is 326 g/mol. The van der Waals surface area contributed by atoms with Crippen LogP contribution in [0.2, 0.25) is 0 Å². The number of hydrogen-bond acceptors (Lipinski definition) is 7. The van der Waals surface area contributed by atoms with Crippen molar-refractivity contribution >= 4 is 28.5 Å². The minimum atomic E-state index is -0.269. The van der Waals surface area contributed by atoms with Crippen LogP contribution in [-0.2, 0) is 4.79 Å². The molecule has 1 heterocycles. The second-order valence-electron chi connectivity index (χ2n) is 4.74. The first-order valence-corrected chi connectivity index (χ1v) is 7.95. The Bertz CT molecular complexity index is 762. The van der Waals surface area contributed by atoms with Crippen LogP contribution < -0.4 is 20.9 Å². The zero-order chi connectivity index (χ0) is 17.4. The number of ether oxygens (including phenoxy) is 1. The summed E-state index contributed by atoms with van der Waals surface area (Å²) in [5, 5.41) is 14.6. The fraction of sp³-hybridized carbons (Fsp3) is 0.188. The Morgan fingerprint density at radius 3 is 2.75 bits per heavy atom. The van der Waals surface area contributed by atoms with Crippen LogP contribution in [0, 0.1) is 18.3 Å². The number of nitriles is 1. The van der Waals surface area contributed by atoms with Gasteiger partial charge in [0, 0.05) is 23.0 Å². The maximum atomic E-state index is 11.8. The number of benzene rings is 1. The van der Waals surface area contributed by atoms with Crippen LogP contribution in [0.4, 0.5) is 5.69 Å². The molecular formula is C16H17N5O2S. The lowest BCUT2D eigenvalue weighted by Gasteiger charge is -2.08. The Kier molecular flexibility index (Phi) is 6.16. The fourth-order valence-corrected chi connectivity index (χ4v) is 2.51. The first-order chi connectivity index (χ1) is 11.6. The predicted octanol–water partition coefficient (Wildman–Crippen LogP) is 2.06. The number of hydrogen-bond donors (Lipinski definition) is 3. The number of aryl methyl sites for hydroxylation is 1. The largest absolute Gasteiger partial charge is 0.497 e. The van der Waals surface area contributed by atoms with Crippen LogP contribution in [0.3, 0.4) is 0 Å². The lowest BCUT2D eigenvalue weighted by Crippen LogP contribution is -2.37. The Balaban J connectivity index is 1.80. The summed E-state index contributed by atoms with van der Waals surface area (Å²) in [7, 11) is 1.59. The lowest BCUT2D eigenvalue weighted by atomic mass is 10.3. The molecule has 0 radical (unpaired) electrons. The third-order valence-electron chi connectivity index (χ3n) is 2.94. The van der Waals surface area contributed by atoms with Gasteiger partial charge >= 0.3 is 0 Å². The van der Waals surface area contributed by atoms with Crippen LogP contribution in [0.5, 0.6) is 5.75 Å². The fourth-order valence-electron chi connectivity index (χ4n) is 1.74. The molecule has 0 spiro atoms. The Morgan fingerprint density at radius 1 is 1.42 bits per heavy atom. The molecule has 3 N–H and O–H groups in total. The van der Waals surface area contributed by atoms with Crippen molar-refractivity contribution in [2.45, 2.75) is 6.92 Å². The first-order valence-electron chi connectivity index (χ1n) is 7.07. The van der Waals surface area contributed by atoms with E-state index < -0.39 is 0 Å². The highest BCUT2D eigenvalue weighted by Gasteiger charge is 2.05. The summed E-state index contributed by atoms with van der Waals surface area (Å²) in [6, 6.07) is 9.28. The number of aromatic nitrogens is 1. The van der Waals surface area contributed by atoms with Crippen molar-refractivity contribution in [2.75, 3.05) is 19.0 Å². The highest BCUT2D eigenvalue weighted by molar-refractivity contribution is 7.10. The van der Waals surface area contributed by atoms with Crippen molar-refractivity contribution in [3.05, 3.63) is 46.5 Å². The number of methoxy groups -OCH3 is 1. The summed E-state index contributed by atoms with van der Waals surface area (Å²) in [6.45, 7) is 1.94. The summed E-state index contributed by atoms with van der Waals surface area (Å²) in [5.74, 6) is 0.480. The second-order valence-corrected chi connectivity index (χ2v) is 5.60. The SMILES string of the molecule is COc1ccc(NCC(=O)NN/C=C(\C#N)c2nc(C)cs2)cc1. The number of anilines is 1. The van der Waals surface area contributed by atoms with Crippen molar-refractivity contribution in [3.8, 4) is 11.8 Å². The summed E-state index contributed by atoms with van der Waals surface area (Å²) < 4.78 is 5.06. The van der Waals surface area contributed by atoms with Crippen molar-refractivity contribution in [1.29, 1.82) is 5.26 Å². The molecule has 1 aromatic heterocycles. The van der Waals surface area contributed by atoms with Gasteiger partial charge in [0.2, 0.25) is 0 Å². The van der Waals surface area contributed by atoms with Crippen molar-refractivity contribution in [1.82, 2.24) is 15.8 Å². The molecule has 0 bridgehead atoms. The molecule has 0 fully saturated rings. The smallest absolute Gasteiger partial charge is 0.257 e. The van der Waals surface area contributed by atoms with E-state index in [4.69, 9.17) is 10.00 Å². The number of carbonyl (C=O) groups is 1. The second kappa shape index (κ2) is 8.55. The summed E-state index contributed by atoms with van der Waals surface area (Å²) >= 11 is 1.37. The van der Waals surface area contributed by atoms with Gasteiger partial charge in [-0.15, -0.1) is 11.3 Å². The molecule has 1 aromatic carbocycles. The van der Waals surface area contributed by atoms with E-state index in [0.717, 1.165) is 17.1 Å². The molecule has 0 saturated carbocycles. The van der Waals surface area contributed by atoms with Gasteiger partial charge in [-0.25, -0.2) is 4.98 Å². The molecule has 24 heavy (non-hydrogen) atoms. The van der Waals surface area contributed by atoms with Gasteiger partial charge in [-0.1, -0.05) is 0 Å². The number of amides is 1. The molecule has 0 atom stereocenters. The number of allylic oxidation sites excluding steroid dienone is 1. The predicted molar refractivity (Wildman–Crippen MR) is 93.2 cm³/mol. The minimum Gasteiger partial charge on any atom is -0.497 e. The average Bonchev–Trinajstić information content (AvgIpc) is 3.03. The van der Waals surface area contributed by atoms with Gasteiger partial charge < -0.3 is 15.5 Å². The molecule has 0 aliphatic rings. The van der Waals surface area contributed by atoms with E-state index in [2.05, 4.69) is 21.2 Å². The van der Waals surface area contributed by atoms with Crippen molar-refractivity contribution in [2.24, 2.45) is 0 Å². The van der Waals surface area contributed by atoms with E-state index in [1.54, 1.807) is 19.2 Å². The molecule has 0 saturated heterocycles. The van der Waals surface area contributed by atoms with Gasteiger partial charge in [0.25, 0.3) is 5.91 Å². The number of carbonyl (C=O) groups excluding carboxylic acids is 1. The highest BCUT2D eigenvalue weighted by atomic mass is 32.1. The number of nitrogens with one attached hydrogen (secondary N) is 3. The number of thiazole rings is 1. The standard InChI is InChI=1S/C16H17N5O2S/c1-11-10-24-16(20-11)12(7-17)8-19-21-15(22)9-18-13-3-5-14(23-2)6-4-13/h3-6,8,10,18-19H,9H2,1-2H3,(H,21,22)/b12-8+. The van der Waals surface area contributed by atoms with E-state index in [0.29, 0.717) is 10.6 Å². The van der Waals surface area contributed by atoms with E-state index >= 15 is 0 Å². The quantitative estimate of drug-likeness (QED) is 0.526. The molecule has 7 nitrogen and oxygen atoms in total. The van der Waals surface area contributed by atoms with Crippen LogP contribution in [-0.4, -0.2) is 24.5 Å². The summed E-state index contributed by atoms with van der Waals surface area (Å²) in [5.41, 5.74) is 7.12. The first kappa shape index (κ1) is 17.3. The van der Waals surface area contributed by atoms with Gasteiger partial charge in [-0.2, -0.15) is 5.26 Å². The Labute approximate surface area is 144 Å². The highest BCUT2D eigenvalue weighted by Crippen LogP contribution is 2.17. The van der Waals surface area contributed by atoms with E-state index in [1.807, 2.05) is 30.5 Å². The van der Waals surface area contributed by atoms with Gasteiger partial charge in [-0.05, 0) is 31.2 Å².